The molecule has 1 aliphatic carbocycles. The summed E-state index contributed by atoms with van der Waals surface area (Å²) in [6.45, 7) is 5.02. The second kappa shape index (κ2) is 6.64. The predicted molar refractivity (Wildman–Crippen MR) is 80.2 cm³/mol. The molecular formula is C15H27N3O3. The van der Waals surface area contributed by atoms with Crippen LogP contribution in [-0.4, -0.2) is 66.2 Å². The van der Waals surface area contributed by atoms with Gasteiger partial charge in [-0.05, 0) is 31.7 Å². The van der Waals surface area contributed by atoms with E-state index in [0.29, 0.717) is 12.6 Å². The third-order valence-corrected chi connectivity index (χ3v) is 5.09. The van der Waals surface area contributed by atoms with Crippen molar-refractivity contribution >= 4 is 12.0 Å². The fraction of sp³-hybridized carbons (Fsp3) is 0.867. The van der Waals surface area contributed by atoms with Gasteiger partial charge in [0.2, 0.25) is 0 Å². The number of hydrogen-bond acceptors (Lipinski definition) is 3. The standard InChI is InChI=1S/C15H27N3O3/c1-3-12-10-18(8-7-17(12)2)14(21)16-11-15(5-4-6-15)9-13(19)20/h12H,3-11H2,1-2H3,(H,16,21)(H,19,20). The lowest BCUT2D eigenvalue weighted by Gasteiger charge is -2.42. The number of carbonyl (C=O) groups excluding carboxylic acids is 1. The van der Waals surface area contributed by atoms with Crippen molar-refractivity contribution in [3.8, 4) is 0 Å². The van der Waals surface area contributed by atoms with Crippen molar-refractivity contribution in [2.45, 2.75) is 45.1 Å². The van der Waals surface area contributed by atoms with Gasteiger partial charge < -0.3 is 15.3 Å². The molecular weight excluding hydrogens is 270 g/mol. The van der Waals surface area contributed by atoms with E-state index in [0.717, 1.165) is 45.3 Å². The maximum Gasteiger partial charge on any atom is 0.317 e. The van der Waals surface area contributed by atoms with Crippen LogP contribution in [0.15, 0.2) is 0 Å². The molecule has 0 aromatic carbocycles. The van der Waals surface area contributed by atoms with Crippen LogP contribution in [0.5, 0.6) is 0 Å². The first-order valence-corrected chi connectivity index (χ1v) is 7.90. The number of carboxylic acid groups (broad SMARTS) is 1. The smallest absolute Gasteiger partial charge is 0.317 e. The van der Waals surface area contributed by atoms with E-state index in [4.69, 9.17) is 5.11 Å². The van der Waals surface area contributed by atoms with Crippen LogP contribution in [0.3, 0.4) is 0 Å². The second-order valence-electron chi connectivity index (χ2n) is 6.57. The van der Waals surface area contributed by atoms with Gasteiger partial charge in [0.05, 0.1) is 6.42 Å². The number of aliphatic carboxylic acids is 1. The van der Waals surface area contributed by atoms with Gasteiger partial charge >= 0.3 is 12.0 Å². The van der Waals surface area contributed by atoms with Crippen LogP contribution in [0.1, 0.15) is 39.0 Å². The quantitative estimate of drug-likeness (QED) is 0.804. The number of nitrogens with zero attached hydrogens (tertiary/aromatic N) is 2. The van der Waals surface area contributed by atoms with E-state index in [9.17, 15) is 9.59 Å². The first-order valence-electron chi connectivity index (χ1n) is 7.90. The largest absolute Gasteiger partial charge is 0.481 e. The van der Waals surface area contributed by atoms with Gasteiger partial charge in [-0.25, -0.2) is 4.79 Å². The number of piperazine rings is 1. The lowest BCUT2D eigenvalue weighted by molar-refractivity contribution is -0.141. The van der Waals surface area contributed by atoms with Crippen LogP contribution in [0.2, 0.25) is 0 Å². The second-order valence-corrected chi connectivity index (χ2v) is 6.57. The molecule has 2 N–H and O–H groups in total. The number of hydrogen-bond donors (Lipinski definition) is 2. The van der Waals surface area contributed by atoms with E-state index in [2.05, 4.69) is 24.2 Å². The summed E-state index contributed by atoms with van der Waals surface area (Å²) in [5.41, 5.74) is -0.210. The minimum absolute atomic E-state index is 0.0433. The highest BCUT2D eigenvalue weighted by atomic mass is 16.4. The molecule has 0 radical (unpaired) electrons. The Labute approximate surface area is 126 Å². The Morgan fingerprint density at radius 2 is 2.05 bits per heavy atom. The molecule has 2 rings (SSSR count). The molecule has 2 fully saturated rings. The molecule has 0 spiro atoms. The van der Waals surface area contributed by atoms with Crippen molar-refractivity contribution in [2.24, 2.45) is 5.41 Å². The monoisotopic (exact) mass is 297 g/mol. The van der Waals surface area contributed by atoms with Gasteiger partial charge in [0, 0.05) is 32.2 Å². The minimum atomic E-state index is -0.769. The molecule has 0 aromatic heterocycles. The lowest BCUT2D eigenvalue weighted by atomic mass is 9.66. The molecule has 1 saturated carbocycles. The van der Waals surface area contributed by atoms with Gasteiger partial charge in [0.1, 0.15) is 0 Å². The average molecular weight is 297 g/mol. The number of urea groups is 1. The Kier molecular flexibility index (Phi) is 5.08. The van der Waals surface area contributed by atoms with Gasteiger partial charge in [-0.3, -0.25) is 9.69 Å². The summed E-state index contributed by atoms with van der Waals surface area (Å²) < 4.78 is 0. The summed E-state index contributed by atoms with van der Waals surface area (Å²) in [7, 11) is 2.10. The topological polar surface area (TPSA) is 72.9 Å². The van der Waals surface area contributed by atoms with Crippen molar-refractivity contribution in [1.29, 1.82) is 0 Å². The maximum absolute atomic E-state index is 12.3. The molecule has 1 unspecified atom stereocenters. The summed E-state index contributed by atoms with van der Waals surface area (Å²) in [5, 5.41) is 12.0. The third kappa shape index (κ3) is 3.87. The Bertz CT molecular complexity index is 396. The zero-order valence-electron chi connectivity index (χ0n) is 13.1. The summed E-state index contributed by atoms with van der Waals surface area (Å²) >= 11 is 0. The third-order valence-electron chi connectivity index (χ3n) is 5.09. The van der Waals surface area contributed by atoms with Crippen molar-refractivity contribution in [1.82, 2.24) is 15.1 Å². The highest BCUT2D eigenvalue weighted by Gasteiger charge is 2.39. The Hall–Kier alpha value is -1.30. The van der Waals surface area contributed by atoms with E-state index in [1.807, 2.05) is 4.90 Å². The average Bonchev–Trinajstić information content (AvgIpc) is 2.41. The van der Waals surface area contributed by atoms with E-state index < -0.39 is 5.97 Å². The van der Waals surface area contributed by atoms with Crippen molar-refractivity contribution < 1.29 is 14.7 Å². The zero-order valence-corrected chi connectivity index (χ0v) is 13.1. The SMILES string of the molecule is CCC1CN(C(=O)NCC2(CC(=O)O)CCC2)CCN1C. The van der Waals surface area contributed by atoms with E-state index >= 15 is 0 Å². The van der Waals surface area contributed by atoms with Crippen molar-refractivity contribution in [3.05, 3.63) is 0 Å². The number of amides is 2. The molecule has 6 heteroatoms. The van der Waals surface area contributed by atoms with E-state index in [1.165, 1.54) is 0 Å². The number of rotatable bonds is 5. The number of carbonyl (C=O) groups is 2. The van der Waals surface area contributed by atoms with Gasteiger partial charge in [0.25, 0.3) is 0 Å². The van der Waals surface area contributed by atoms with Gasteiger partial charge in [-0.15, -0.1) is 0 Å². The first-order chi connectivity index (χ1) is 9.96. The summed E-state index contributed by atoms with van der Waals surface area (Å²) in [6, 6.07) is 0.374. The Balaban J connectivity index is 1.82. The molecule has 1 aliphatic heterocycles. The zero-order chi connectivity index (χ0) is 15.5. The Morgan fingerprint density at radius 1 is 1.33 bits per heavy atom. The van der Waals surface area contributed by atoms with Crippen LogP contribution in [0, 0.1) is 5.41 Å². The predicted octanol–water partition coefficient (Wildman–Crippen LogP) is 1.37. The molecule has 0 aromatic rings. The van der Waals surface area contributed by atoms with Crippen molar-refractivity contribution in [2.75, 3.05) is 33.2 Å². The highest BCUT2D eigenvalue weighted by Crippen LogP contribution is 2.43. The molecule has 2 aliphatic rings. The molecule has 21 heavy (non-hydrogen) atoms. The maximum atomic E-state index is 12.3. The van der Waals surface area contributed by atoms with Crippen LogP contribution in [0.4, 0.5) is 4.79 Å². The van der Waals surface area contributed by atoms with Crippen LogP contribution in [-0.2, 0) is 4.79 Å². The fourth-order valence-corrected chi connectivity index (χ4v) is 3.36. The van der Waals surface area contributed by atoms with E-state index in [-0.39, 0.29) is 17.9 Å². The van der Waals surface area contributed by atoms with Crippen molar-refractivity contribution in [3.63, 3.8) is 0 Å². The summed E-state index contributed by atoms with van der Waals surface area (Å²) in [4.78, 5) is 27.4. The van der Waals surface area contributed by atoms with Gasteiger partial charge in [-0.1, -0.05) is 13.3 Å². The number of carboxylic acids is 1. The van der Waals surface area contributed by atoms with Gasteiger partial charge in [0.15, 0.2) is 0 Å². The first kappa shape index (κ1) is 16.1. The molecule has 2 amide bonds. The fourth-order valence-electron chi connectivity index (χ4n) is 3.36. The molecule has 6 nitrogen and oxygen atoms in total. The lowest BCUT2D eigenvalue weighted by Crippen LogP contribution is -2.56. The number of likely N-dealkylation sites (N-methyl/N-ethyl adjacent to an activating group) is 1. The van der Waals surface area contributed by atoms with E-state index in [1.54, 1.807) is 0 Å². The molecule has 1 saturated heterocycles. The number of nitrogens with one attached hydrogen (secondary N) is 1. The Morgan fingerprint density at radius 3 is 2.57 bits per heavy atom. The van der Waals surface area contributed by atoms with Crippen LogP contribution in [0.25, 0.3) is 0 Å². The van der Waals surface area contributed by atoms with Crippen LogP contribution >= 0.6 is 0 Å². The van der Waals surface area contributed by atoms with Gasteiger partial charge in [-0.2, -0.15) is 0 Å². The van der Waals surface area contributed by atoms with Crippen LogP contribution < -0.4 is 5.32 Å². The highest BCUT2D eigenvalue weighted by molar-refractivity contribution is 5.74. The molecule has 0 bridgehead atoms. The molecule has 1 heterocycles. The normalized spacial score (nSPS) is 25.2. The minimum Gasteiger partial charge on any atom is -0.481 e. The molecule has 1 atom stereocenters. The molecule has 120 valence electrons. The summed E-state index contributed by atoms with van der Waals surface area (Å²) in [5.74, 6) is -0.769. The summed E-state index contributed by atoms with van der Waals surface area (Å²) in [6.07, 6.45) is 4.06.